The number of aryl methyl sites for hydroxylation is 1. The van der Waals surface area contributed by atoms with Gasteiger partial charge < -0.3 is 0 Å². The molecule has 0 unspecified atom stereocenters. The van der Waals surface area contributed by atoms with Crippen molar-refractivity contribution in [3.05, 3.63) is 44.8 Å². The lowest BCUT2D eigenvalue weighted by Crippen LogP contribution is -2.12. The highest BCUT2D eigenvalue weighted by Crippen LogP contribution is 2.26. The zero-order valence-corrected chi connectivity index (χ0v) is 13.5. The van der Waals surface area contributed by atoms with Gasteiger partial charge in [-0.2, -0.15) is 0 Å². The third kappa shape index (κ3) is 3.04. The lowest BCUT2D eigenvalue weighted by Gasteiger charge is -2.07. The van der Waals surface area contributed by atoms with E-state index >= 15 is 0 Å². The van der Waals surface area contributed by atoms with E-state index in [2.05, 4.69) is 27.3 Å². The molecule has 0 amide bonds. The monoisotopic (exact) mass is 393 g/mol. The zero-order valence-electron chi connectivity index (χ0n) is 9.68. The van der Waals surface area contributed by atoms with Crippen LogP contribution in [0.15, 0.2) is 40.6 Å². The van der Waals surface area contributed by atoms with Crippen molar-refractivity contribution in [2.24, 2.45) is 0 Å². The van der Waals surface area contributed by atoms with E-state index in [1.165, 1.54) is 11.3 Å². The second kappa shape index (κ2) is 5.58. The van der Waals surface area contributed by atoms with Crippen molar-refractivity contribution in [1.29, 1.82) is 0 Å². The first-order chi connectivity index (χ1) is 8.53. The molecule has 0 spiro atoms. The summed E-state index contributed by atoms with van der Waals surface area (Å²) < 4.78 is 28.2. The standard InChI is InChI=1S/C12H12INO2S2/c1-2-9-7-8-12(17-9)18(15,16)14-11-6-4-3-5-10(11)13/h3-8,14H,2H2,1H3. The highest BCUT2D eigenvalue weighted by Gasteiger charge is 2.17. The molecule has 96 valence electrons. The fraction of sp³-hybridized carbons (Fsp3) is 0.167. The highest BCUT2D eigenvalue weighted by molar-refractivity contribution is 14.1. The number of anilines is 1. The van der Waals surface area contributed by atoms with Gasteiger partial charge in [0, 0.05) is 8.45 Å². The molecule has 2 rings (SSSR count). The van der Waals surface area contributed by atoms with E-state index in [-0.39, 0.29) is 0 Å². The Hall–Kier alpha value is -0.600. The number of thiophene rings is 1. The quantitative estimate of drug-likeness (QED) is 0.805. The third-order valence-corrected chi connectivity index (χ3v) is 6.40. The maximum Gasteiger partial charge on any atom is 0.271 e. The van der Waals surface area contributed by atoms with E-state index in [1.807, 2.05) is 31.2 Å². The van der Waals surface area contributed by atoms with Gasteiger partial charge in [-0.25, -0.2) is 8.42 Å². The summed E-state index contributed by atoms with van der Waals surface area (Å²) >= 11 is 3.42. The lowest BCUT2D eigenvalue weighted by atomic mass is 10.3. The number of hydrogen-bond donors (Lipinski definition) is 1. The molecule has 0 aliphatic carbocycles. The molecule has 0 saturated carbocycles. The molecule has 6 heteroatoms. The largest absolute Gasteiger partial charge is 0.278 e. The molecule has 1 aromatic carbocycles. The molecule has 0 saturated heterocycles. The number of benzene rings is 1. The Morgan fingerprint density at radius 2 is 1.94 bits per heavy atom. The summed E-state index contributed by atoms with van der Waals surface area (Å²) in [4.78, 5) is 1.07. The molecule has 0 atom stereocenters. The first-order valence-corrected chi connectivity index (χ1v) is 8.77. The topological polar surface area (TPSA) is 46.2 Å². The molecule has 0 aliphatic heterocycles. The van der Waals surface area contributed by atoms with Gasteiger partial charge in [-0.15, -0.1) is 11.3 Å². The van der Waals surface area contributed by atoms with Crippen molar-refractivity contribution >= 4 is 49.6 Å². The van der Waals surface area contributed by atoms with Gasteiger partial charge >= 0.3 is 0 Å². The number of rotatable bonds is 4. The van der Waals surface area contributed by atoms with Crippen LogP contribution < -0.4 is 4.72 Å². The fourth-order valence-corrected chi connectivity index (χ4v) is 4.51. The minimum Gasteiger partial charge on any atom is -0.278 e. The van der Waals surface area contributed by atoms with Crippen molar-refractivity contribution in [3.63, 3.8) is 0 Å². The van der Waals surface area contributed by atoms with Crippen LogP contribution in [0.25, 0.3) is 0 Å². The number of halogens is 1. The first kappa shape index (κ1) is 13.8. The van der Waals surface area contributed by atoms with Crippen LogP contribution in [0.1, 0.15) is 11.8 Å². The average molecular weight is 393 g/mol. The van der Waals surface area contributed by atoms with Gasteiger partial charge in [0.15, 0.2) is 0 Å². The minimum absolute atomic E-state index is 0.360. The summed E-state index contributed by atoms with van der Waals surface area (Å²) in [6.07, 6.45) is 0.850. The Kier molecular flexibility index (Phi) is 4.29. The number of hydrogen-bond acceptors (Lipinski definition) is 3. The van der Waals surface area contributed by atoms with Crippen molar-refractivity contribution in [3.8, 4) is 0 Å². The van der Waals surface area contributed by atoms with E-state index in [4.69, 9.17) is 0 Å². The summed E-state index contributed by atoms with van der Waals surface area (Å²) in [5, 5.41) is 0. The Balaban J connectivity index is 2.30. The van der Waals surface area contributed by atoms with Gasteiger partial charge in [0.05, 0.1) is 5.69 Å². The van der Waals surface area contributed by atoms with E-state index in [1.54, 1.807) is 12.1 Å². The van der Waals surface area contributed by atoms with Crippen molar-refractivity contribution in [1.82, 2.24) is 0 Å². The molecule has 2 aromatic rings. The second-order valence-corrected chi connectivity index (χ2v) is 7.90. The first-order valence-electron chi connectivity index (χ1n) is 5.39. The molecular weight excluding hydrogens is 381 g/mol. The molecule has 18 heavy (non-hydrogen) atoms. The van der Waals surface area contributed by atoms with Crippen LogP contribution in [0.4, 0.5) is 5.69 Å². The van der Waals surface area contributed by atoms with E-state index in [0.717, 1.165) is 14.9 Å². The predicted molar refractivity (Wildman–Crippen MR) is 83.7 cm³/mol. The van der Waals surface area contributed by atoms with Crippen molar-refractivity contribution in [2.45, 2.75) is 17.6 Å². The molecular formula is C12H12INO2S2. The summed E-state index contributed by atoms with van der Waals surface area (Å²) in [6, 6.07) is 10.8. The molecule has 0 bridgehead atoms. The van der Waals surface area contributed by atoms with Crippen molar-refractivity contribution < 1.29 is 8.42 Å². The SMILES string of the molecule is CCc1ccc(S(=O)(=O)Nc2ccccc2I)s1. The predicted octanol–water partition coefficient (Wildman–Crippen LogP) is 3.72. The Morgan fingerprint density at radius 3 is 2.56 bits per heavy atom. The molecule has 0 aliphatic rings. The molecule has 0 fully saturated rings. The maximum atomic E-state index is 12.2. The molecule has 1 N–H and O–H groups in total. The Labute approximate surface area is 124 Å². The normalized spacial score (nSPS) is 11.4. The third-order valence-electron chi connectivity index (χ3n) is 2.37. The van der Waals surface area contributed by atoms with Crippen molar-refractivity contribution in [2.75, 3.05) is 4.72 Å². The molecule has 0 radical (unpaired) electrons. The molecule has 1 heterocycles. The number of sulfonamides is 1. The van der Waals surface area contributed by atoms with Gasteiger partial charge in [-0.3, -0.25) is 4.72 Å². The molecule has 3 nitrogen and oxygen atoms in total. The number of para-hydroxylation sites is 1. The average Bonchev–Trinajstić information content (AvgIpc) is 2.81. The summed E-state index contributed by atoms with van der Waals surface area (Å²) in [6.45, 7) is 2.01. The van der Waals surface area contributed by atoms with E-state index in [9.17, 15) is 8.42 Å². The van der Waals surface area contributed by atoms with Crippen LogP contribution in [0.5, 0.6) is 0 Å². The number of nitrogens with one attached hydrogen (secondary N) is 1. The van der Waals surface area contributed by atoms with Gasteiger partial charge in [-0.1, -0.05) is 19.1 Å². The van der Waals surface area contributed by atoms with Crippen LogP contribution in [-0.4, -0.2) is 8.42 Å². The maximum absolute atomic E-state index is 12.2. The van der Waals surface area contributed by atoms with Crippen LogP contribution in [-0.2, 0) is 16.4 Å². The van der Waals surface area contributed by atoms with E-state index < -0.39 is 10.0 Å². The second-order valence-electron chi connectivity index (χ2n) is 3.66. The zero-order chi connectivity index (χ0) is 13.2. The van der Waals surface area contributed by atoms with E-state index in [0.29, 0.717) is 9.90 Å². The Morgan fingerprint density at radius 1 is 1.22 bits per heavy atom. The van der Waals surface area contributed by atoms with Gasteiger partial charge in [0.1, 0.15) is 4.21 Å². The molecule has 1 aromatic heterocycles. The van der Waals surface area contributed by atoms with Gasteiger partial charge in [0.2, 0.25) is 0 Å². The van der Waals surface area contributed by atoms with Crippen LogP contribution in [0, 0.1) is 3.57 Å². The van der Waals surface area contributed by atoms with Gasteiger partial charge in [0.25, 0.3) is 10.0 Å². The Bertz CT molecular complexity index is 650. The summed E-state index contributed by atoms with van der Waals surface area (Å²) in [5.74, 6) is 0. The summed E-state index contributed by atoms with van der Waals surface area (Å²) in [5.41, 5.74) is 0.615. The van der Waals surface area contributed by atoms with Crippen LogP contribution in [0.2, 0.25) is 0 Å². The van der Waals surface area contributed by atoms with Crippen LogP contribution >= 0.6 is 33.9 Å². The minimum atomic E-state index is -3.46. The summed E-state index contributed by atoms with van der Waals surface area (Å²) in [7, 11) is -3.46. The lowest BCUT2D eigenvalue weighted by molar-refractivity contribution is 0.603. The fourth-order valence-electron chi connectivity index (χ4n) is 1.43. The smallest absolute Gasteiger partial charge is 0.271 e. The van der Waals surface area contributed by atoms with Gasteiger partial charge in [-0.05, 0) is 53.3 Å². The van der Waals surface area contributed by atoms with Crippen LogP contribution in [0.3, 0.4) is 0 Å². The highest BCUT2D eigenvalue weighted by atomic mass is 127.